The fourth-order valence-electron chi connectivity index (χ4n) is 3.62. The van der Waals surface area contributed by atoms with Crippen molar-refractivity contribution in [2.45, 2.75) is 25.8 Å². The Morgan fingerprint density at radius 3 is 2.83 bits per heavy atom. The lowest BCUT2D eigenvalue weighted by molar-refractivity contribution is 0.248. The molecule has 7 heteroatoms. The Labute approximate surface area is 168 Å². The minimum Gasteiger partial charge on any atom is -0.398 e. The number of nitrogens with two attached hydrogens (primary N) is 1. The number of carbonyl (C=O) groups is 1. The summed E-state index contributed by atoms with van der Waals surface area (Å²) in [5.74, 6) is 0.341. The van der Waals surface area contributed by atoms with Gasteiger partial charge in [0.05, 0.1) is 11.8 Å². The summed E-state index contributed by atoms with van der Waals surface area (Å²) in [5, 5.41) is 14.1. The number of aryl methyl sites for hydroxylation is 2. The van der Waals surface area contributed by atoms with Gasteiger partial charge in [-0.2, -0.15) is 0 Å². The molecular formula is C22H22N6O. The maximum Gasteiger partial charge on any atom is 0.320 e. The molecule has 1 aliphatic carbocycles. The second-order valence-corrected chi connectivity index (χ2v) is 7.11. The second-order valence-electron chi connectivity index (χ2n) is 7.11. The highest BCUT2D eigenvalue weighted by atomic mass is 16.2. The fourth-order valence-corrected chi connectivity index (χ4v) is 3.62. The van der Waals surface area contributed by atoms with E-state index in [-0.39, 0.29) is 17.8 Å². The van der Waals surface area contributed by atoms with E-state index in [9.17, 15) is 4.79 Å². The van der Waals surface area contributed by atoms with Crippen molar-refractivity contribution in [3.8, 4) is 0 Å². The number of nitrogen functional groups attached to an aromatic ring is 1. The van der Waals surface area contributed by atoms with Crippen LogP contribution in [-0.2, 0) is 6.42 Å². The average molecular weight is 386 g/mol. The van der Waals surface area contributed by atoms with E-state index in [4.69, 9.17) is 11.1 Å². The Kier molecular flexibility index (Phi) is 4.95. The van der Waals surface area contributed by atoms with Crippen LogP contribution in [0, 0.1) is 12.3 Å². The lowest BCUT2D eigenvalue weighted by Crippen LogP contribution is -2.31. The van der Waals surface area contributed by atoms with E-state index in [0.717, 1.165) is 24.1 Å². The largest absolute Gasteiger partial charge is 0.398 e. The molecule has 2 amide bonds. The minimum atomic E-state index is -0.328. The summed E-state index contributed by atoms with van der Waals surface area (Å²) in [6, 6.07) is 12.9. The standard InChI is InChI=1S/C22H22N6O/c1-13-10-15(8-9-25-13)21(24)17-12-26-20(11-18(17)23)28-22(29)27-19-7-6-14-4-2-3-5-16(14)19/h2-5,8-12,19,24H,6-7H2,1H3,(H4,23,26,27,28,29). The normalized spacial score (nSPS) is 14.9. The Morgan fingerprint density at radius 2 is 2.03 bits per heavy atom. The number of hydrogen-bond donors (Lipinski definition) is 4. The van der Waals surface area contributed by atoms with Crippen molar-refractivity contribution in [1.82, 2.24) is 15.3 Å². The first-order valence-corrected chi connectivity index (χ1v) is 9.44. The van der Waals surface area contributed by atoms with Crippen molar-refractivity contribution < 1.29 is 4.79 Å². The van der Waals surface area contributed by atoms with Crippen LogP contribution < -0.4 is 16.4 Å². The fraction of sp³-hybridized carbons (Fsp3) is 0.182. The highest BCUT2D eigenvalue weighted by Gasteiger charge is 2.23. The monoisotopic (exact) mass is 386 g/mol. The van der Waals surface area contributed by atoms with E-state index in [2.05, 4.69) is 26.7 Å². The van der Waals surface area contributed by atoms with Crippen LogP contribution in [0.25, 0.3) is 0 Å². The molecule has 0 aliphatic heterocycles. The van der Waals surface area contributed by atoms with Gasteiger partial charge in [0.1, 0.15) is 5.82 Å². The predicted octanol–water partition coefficient (Wildman–Crippen LogP) is 3.59. The molecule has 1 aliphatic rings. The smallest absolute Gasteiger partial charge is 0.320 e. The Hall–Kier alpha value is -3.74. The van der Waals surface area contributed by atoms with Gasteiger partial charge in [-0.25, -0.2) is 9.78 Å². The number of benzene rings is 1. The van der Waals surface area contributed by atoms with E-state index in [1.54, 1.807) is 18.3 Å². The third-order valence-corrected chi connectivity index (χ3v) is 5.07. The lowest BCUT2D eigenvalue weighted by atomic mass is 10.0. The molecule has 3 aromatic rings. The van der Waals surface area contributed by atoms with Crippen molar-refractivity contribution in [2.75, 3.05) is 11.1 Å². The van der Waals surface area contributed by atoms with E-state index < -0.39 is 0 Å². The molecule has 29 heavy (non-hydrogen) atoms. The summed E-state index contributed by atoms with van der Waals surface area (Å²) < 4.78 is 0. The molecule has 7 nitrogen and oxygen atoms in total. The summed E-state index contributed by atoms with van der Waals surface area (Å²) in [4.78, 5) is 20.8. The molecule has 146 valence electrons. The summed E-state index contributed by atoms with van der Waals surface area (Å²) in [6.07, 6.45) is 5.00. The highest BCUT2D eigenvalue weighted by molar-refractivity contribution is 6.13. The van der Waals surface area contributed by atoms with Crippen molar-refractivity contribution in [1.29, 1.82) is 5.41 Å². The number of nitrogens with zero attached hydrogens (tertiary/aromatic N) is 2. The van der Waals surface area contributed by atoms with Crippen LogP contribution in [0.15, 0.2) is 54.9 Å². The number of amides is 2. The first kappa shape index (κ1) is 18.6. The predicted molar refractivity (Wildman–Crippen MR) is 113 cm³/mol. The van der Waals surface area contributed by atoms with E-state index in [1.807, 2.05) is 31.2 Å². The van der Waals surface area contributed by atoms with Gasteiger partial charge in [-0.05, 0) is 43.0 Å². The number of pyridine rings is 2. The molecule has 0 saturated carbocycles. The van der Waals surface area contributed by atoms with Crippen molar-refractivity contribution in [3.05, 3.63) is 82.8 Å². The maximum absolute atomic E-state index is 12.4. The van der Waals surface area contributed by atoms with Gasteiger partial charge in [0.15, 0.2) is 0 Å². The van der Waals surface area contributed by atoms with E-state index in [1.165, 1.54) is 11.8 Å². The average Bonchev–Trinajstić information content (AvgIpc) is 3.10. The van der Waals surface area contributed by atoms with Crippen molar-refractivity contribution in [2.24, 2.45) is 0 Å². The number of rotatable bonds is 4. The Balaban J connectivity index is 1.44. The third kappa shape index (κ3) is 3.94. The van der Waals surface area contributed by atoms with Gasteiger partial charge in [0.2, 0.25) is 0 Å². The van der Waals surface area contributed by atoms with Gasteiger partial charge in [0.25, 0.3) is 0 Å². The Bertz CT molecular complexity index is 1090. The van der Waals surface area contributed by atoms with Crippen LogP contribution in [0.1, 0.15) is 40.4 Å². The van der Waals surface area contributed by atoms with Gasteiger partial charge in [-0.15, -0.1) is 0 Å². The molecule has 0 saturated heterocycles. The van der Waals surface area contributed by atoms with E-state index >= 15 is 0 Å². The van der Waals surface area contributed by atoms with Crippen LogP contribution in [0.3, 0.4) is 0 Å². The van der Waals surface area contributed by atoms with Gasteiger partial charge in [-0.3, -0.25) is 15.7 Å². The molecular weight excluding hydrogens is 364 g/mol. The van der Waals surface area contributed by atoms with Gasteiger partial charge in [-0.1, -0.05) is 24.3 Å². The van der Waals surface area contributed by atoms with E-state index in [0.29, 0.717) is 22.6 Å². The second kappa shape index (κ2) is 7.71. The SMILES string of the molecule is Cc1cc(C(=N)c2cnc(NC(=O)NC3CCc4ccccc43)cc2N)ccn1. The number of carbonyl (C=O) groups excluding carboxylic acids is 1. The number of fused-ring (bicyclic) bond motifs is 1. The molecule has 1 atom stereocenters. The molecule has 2 heterocycles. The lowest BCUT2D eigenvalue weighted by Gasteiger charge is -2.15. The number of nitrogens with one attached hydrogen (secondary N) is 3. The van der Waals surface area contributed by atoms with Crippen LogP contribution in [0.5, 0.6) is 0 Å². The molecule has 2 aromatic heterocycles. The molecule has 1 unspecified atom stereocenters. The molecule has 1 aromatic carbocycles. The minimum absolute atomic E-state index is 0.00840. The topological polar surface area (TPSA) is 117 Å². The summed E-state index contributed by atoms with van der Waals surface area (Å²) in [5.41, 5.74) is 11.2. The van der Waals surface area contributed by atoms with Gasteiger partial charge < -0.3 is 11.1 Å². The van der Waals surface area contributed by atoms with Crippen LogP contribution in [0.2, 0.25) is 0 Å². The van der Waals surface area contributed by atoms with Crippen molar-refractivity contribution in [3.63, 3.8) is 0 Å². The first-order chi connectivity index (χ1) is 14.0. The molecule has 0 fully saturated rings. The quantitative estimate of drug-likeness (QED) is 0.513. The zero-order valence-electron chi connectivity index (χ0n) is 16.1. The summed E-state index contributed by atoms with van der Waals surface area (Å²) >= 11 is 0. The first-order valence-electron chi connectivity index (χ1n) is 9.44. The number of aromatic nitrogens is 2. The van der Waals surface area contributed by atoms with Crippen molar-refractivity contribution >= 4 is 23.2 Å². The molecule has 0 bridgehead atoms. The molecule has 0 radical (unpaired) electrons. The van der Waals surface area contributed by atoms with Crippen LogP contribution >= 0.6 is 0 Å². The van der Waals surface area contributed by atoms with Crippen LogP contribution in [-0.4, -0.2) is 21.7 Å². The number of urea groups is 1. The zero-order valence-corrected chi connectivity index (χ0v) is 16.1. The summed E-state index contributed by atoms with van der Waals surface area (Å²) in [7, 11) is 0. The highest BCUT2D eigenvalue weighted by Crippen LogP contribution is 2.30. The van der Waals surface area contributed by atoms with Gasteiger partial charge >= 0.3 is 6.03 Å². The number of hydrogen-bond acceptors (Lipinski definition) is 5. The third-order valence-electron chi connectivity index (χ3n) is 5.07. The Morgan fingerprint density at radius 1 is 1.21 bits per heavy atom. The van der Waals surface area contributed by atoms with Crippen LogP contribution in [0.4, 0.5) is 16.3 Å². The zero-order chi connectivity index (χ0) is 20.4. The van der Waals surface area contributed by atoms with Gasteiger partial charge in [0, 0.05) is 41.0 Å². The maximum atomic E-state index is 12.4. The molecule has 0 spiro atoms. The number of anilines is 2. The summed E-state index contributed by atoms with van der Waals surface area (Å²) in [6.45, 7) is 1.87. The molecule has 4 rings (SSSR count). The molecule has 5 N–H and O–H groups in total.